The lowest BCUT2D eigenvalue weighted by Crippen LogP contribution is -2.33. The molecule has 1 heterocycles. The Morgan fingerprint density at radius 1 is 0.900 bits per heavy atom. The van der Waals surface area contributed by atoms with Crippen LogP contribution < -0.4 is 18.7 Å². The number of thiazole rings is 1. The van der Waals surface area contributed by atoms with Crippen LogP contribution in [0.25, 0.3) is 10.2 Å². The third kappa shape index (κ3) is 6.67. The van der Waals surface area contributed by atoms with Crippen molar-refractivity contribution in [1.29, 1.82) is 0 Å². The lowest BCUT2D eigenvalue weighted by molar-refractivity contribution is 0.0986. The molecular weight excluding hydrogens is 572 g/mol. The summed E-state index contributed by atoms with van der Waals surface area (Å²) in [5, 5.41) is 0.546. The zero-order valence-corrected chi connectivity index (χ0v) is 25.5. The van der Waals surface area contributed by atoms with Gasteiger partial charge in [-0.1, -0.05) is 29.5 Å². The SMILES string of the molecule is COc1cc2nc(N(CCCN(C)C)C(=O)c3ccc(S(=O)(=O)N(C)c4ccccc4)cc3)sc2cc1OC.Cl. The molecular formula is C28H33ClN4O5S2. The van der Waals surface area contributed by atoms with E-state index in [1.165, 1.54) is 34.8 Å². The zero-order valence-electron chi connectivity index (χ0n) is 23.0. The largest absolute Gasteiger partial charge is 0.493 e. The van der Waals surface area contributed by atoms with Gasteiger partial charge in [0, 0.05) is 31.3 Å². The number of sulfonamides is 1. The van der Waals surface area contributed by atoms with E-state index < -0.39 is 10.0 Å². The van der Waals surface area contributed by atoms with Crippen LogP contribution in [0.1, 0.15) is 16.8 Å². The number of hydrogen-bond acceptors (Lipinski definition) is 8. The molecule has 0 spiro atoms. The van der Waals surface area contributed by atoms with Gasteiger partial charge in [0.2, 0.25) is 0 Å². The highest BCUT2D eigenvalue weighted by Gasteiger charge is 2.25. The number of ether oxygens (including phenoxy) is 2. The number of amides is 1. The highest BCUT2D eigenvalue weighted by molar-refractivity contribution is 7.92. The Morgan fingerprint density at radius 3 is 2.12 bits per heavy atom. The second-order valence-corrected chi connectivity index (χ2v) is 12.1. The summed E-state index contributed by atoms with van der Waals surface area (Å²) in [6, 6.07) is 18.5. The number of nitrogens with zero attached hydrogens (tertiary/aromatic N) is 4. The summed E-state index contributed by atoms with van der Waals surface area (Å²) >= 11 is 1.39. The molecule has 12 heteroatoms. The molecule has 0 saturated heterocycles. The molecule has 0 bridgehead atoms. The van der Waals surface area contributed by atoms with Crippen LogP contribution in [0.2, 0.25) is 0 Å². The summed E-state index contributed by atoms with van der Waals surface area (Å²) in [4.78, 5) is 22.3. The van der Waals surface area contributed by atoms with E-state index in [9.17, 15) is 13.2 Å². The maximum Gasteiger partial charge on any atom is 0.264 e. The number of aromatic nitrogens is 1. The Balaban J connectivity index is 0.00000441. The number of methoxy groups -OCH3 is 2. The van der Waals surface area contributed by atoms with Crippen LogP contribution in [0.5, 0.6) is 11.5 Å². The molecule has 3 aromatic carbocycles. The summed E-state index contributed by atoms with van der Waals surface area (Å²) in [5.41, 5.74) is 1.62. The third-order valence-corrected chi connectivity index (χ3v) is 9.07. The standard InChI is InChI=1S/C28H32N4O5S2.ClH/c1-30(2)16-9-17-32(28-29-23-18-24(36-4)25(37-5)19-26(23)38-28)27(33)20-12-14-22(15-13-20)39(34,35)31(3)21-10-7-6-8-11-21;/h6-8,10-15,18-19H,9,16-17H2,1-5H3;1H. The predicted molar refractivity (Wildman–Crippen MR) is 163 cm³/mol. The Morgan fingerprint density at radius 2 is 1.52 bits per heavy atom. The van der Waals surface area contributed by atoms with Gasteiger partial charge in [0.25, 0.3) is 15.9 Å². The van der Waals surface area contributed by atoms with Crippen molar-refractivity contribution in [2.45, 2.75) is 11.3 Å². The number of carbonyl (C=O) groups is 1. The molecule has 1 amide bonds. The van der Waals surface area contributed by atoms with Gasteiger partial charge in [-0.15, -0.1) is 12.4 Å². The highest BCUT2D eigenvalue weighted by Crippen LogP contribution is 2.37. The van der Waals surface area contributed by atoms with Gasteiger partial charge in [0.15, 0.2) is 16.6 Å². The summed E-state index contributed by atoms with van der Waals surface area (Å²) in [5.74, 6) is 0.889. The molecule has 0 fully saturated rings. The van der Waals surface area contributed by atoms with Crippen LogP contribution in [0.3, 0.4) is 0 Å². The number of benzene rings is 3. The van der Waals surface area contributed by atoms with Gasteiger partial charge in [-0.25, -0.2) is 13.4 Å². The van der Waals surface area contributed by atoms with Crippen molar-refractivity contribution >= 4 is 60.7 Å². The first-order valence-electron chi connectivity index (χ1n) is 12.3. The van der Waals surface area contributed by atoms with Crippen molar-refractivity contribution < 1.29 is 22.7 Å². The number of hydrogen-bond donors (Lipinski definition) is 0. The molecule has 1 aromatic heterocycles. The summed E-state index contributed by atoms with van der Waals surface area (Å²) < 4.78 is 39.3. The van der Waals surface area contributed by atoms with Gasteiger partial charge in [0.1, 0.15) is 0 Å². The average Bonchev–Trinajstić information content (AvgIpc) is 3.36. The Hall–Kier alpha value is -3.38. The lowest BCUT2D eigenvalue weighted by atomic mass is 10.2. The van der Waals surface area contributed by atoms with Crippen LogP contribution in [0.4, 0.5) is 10.8 Å². The molecule has 0 unspecified atom stereocenters. The first kappa shape index (κ1) is 31.2. The highest BCUT2D eigenvalue weighted by atomic mass is 35.5. The molecule has 0 atom stereocenters. The predicted octanol–water partition coefficient (Wildman–Crippen LogP) is 5.16. The number of carbonyl (C=O) groups excluding carboxylic acids is 1. The van der Waals surface area contributed by atoms with Crippen LogP contribution in [0.15, 0.2) is 71.6 Å². The number of halogens is 1. The number of para-hydroxylation sites is 1. The molecule has 0 saturated carbocycles. The minimum atomic E-state index is -3.79. The lowest BCUT2D eigenvalue weighted by Gasteiger charge is -2.22. The molecule has 0 aliphatic rings. The quantitative estimate of drug-likeness (QED) is 0.233. The first-order chi connectivity index (χ1) is 18.6. The molecule has 4 rings (SSSR count). The Kier molecular flexibility index (Phi) is 10.4. The molecule has 0 aliphatic carbocycles. The molecule has 4 aromatic rings. The van der Waals surface area contributed by atoms with Crippen molar-refractivity contribution in [2.75, 3.05) is 57.7 Å². The van der Waals surface area contributed by atoms with Crippen molar-refractivity contribution in [1.82, 2.24) is 9.88 Å². The van der Waals surface area contributed by atoms with E-state index >= 15 is 0 Å². The summed E-state index contributed by atoms with van der Waals surface area (Å²) in [6.07, 6.45) is 0.732. The van der Waals surface area contributed by atoms with Crippen LogP contribution in [0, 0.1) is 0 Å². The number of rotatable bonds is 11. The van der Waals surface area contributed by atoms with Gasteiger partial charge < -0.3 is 14.4 Å². The minimum Gasteiger partial charge on any atom is -0.493 e. The topological polar surface area (TPSA) is 92.3 Å². The molecule has 0 aliphatic heterocycles. The van der Waals surface area contributed by atoms with Crippen LogP contribution in [-0.2, 0) is 10.0 Å². The smallest absolute Gasteiger partial charge is 0.264 e. The summed E-state index contributed by atoms with van der Waals surface area (Å²) in [7, 11) is 4.81. The maximum atomic E-state index is 13.7. The van der Waals surface area contributed by atoms with E-state index in [2.05, 4.69) is 4.90 Å². The van der Waals surface area contributed by atoms with Crippen molar-refractivity contribution in [3.05, 3.63) is 72.3 Å². The molecule has 0 radical (unpaired) electrons. The fourth-order valence-corrected chi connectivity index (χ4v) is 6.24. The van der Waals surface area contributed by atoms with Crippen molar-refractivity contribution in [3.8, 4) is 11.5 Å². The fraction of sp³-hybridized carbons (Fsp3) is 0.286. The van der Waals surface area contributed by atoms with Crippen LogP contribution in [-0.4, -0.2) is 72.7 Å². The zero-order chi connectivity index (χ0) is 28.2. The third-order valence-electron chi connectivity index (χ3n) is 6.23. The monoisotopic (exact) mass is 604 g/mol. The van der Waals surface area contributed by atoms with Gasteiger partial charge in [-0.2, -0.15) is 0 Å². The maximum absolute atomic E-state index is 13.7. The second kappa shape index (κ2) is 13.3. The van der Waals surface area contributed by atoms with E-state index in [1.54, 1.807) is 61.6 Å². The fourth-order valence-electron chi connectivity index (χ4n) is 4.05. The normalized spacial score (nSPS) is 11.2. The number of anilines is 2. The van der Waals surface area contributed by atoms with E-state index in [0.29, 0.717) is 39.9 Å². The average molecular weight is 605 g/mol. The van der Waals surface area contributed by atoms with Gasteiger partial charge in [0.05, 0.1) is 35.0 Å². The molecule has 0 N–H and O–H groups in total. The number of fused-ring (bicyclic) bond motifs is 1. The van der Waals surface area contributed by atoms with Crippen molar-refractivity contribution in [2.24, 2.45) is 0 Å². The van der Waals surface area contributed by atoms with E-state index in [0.717, 1.165) is 17.7 Å². The Bertz CT molecular complexity index is 1500. The van der Waals surface area contributed by atoms with Gasteiger partial charge >= 0.3 is 0 Å². The first-order valence-corrected chi connectivity index (χ1v) is 14.5. The van der Waals surface area contributed by atoms with Crippen LogP contribution >= 0.6 is 23.7 Å². The molecule has 40 heavy (non-hydrogen) atoms. The van der Waals surface area contributed by atoms with E-state index in [1.807, 2.05) is 26.2 Å². The van der Waals surface area contributed by atoms with Gasteiger partial charge in [-0.05, 0) is 63.5 Å². The minimum absolute atomic E-state index is 0. The van der Waals surface area contributed by atoms with E-state index in [-0.39, 0.29) is 23.2 Å². The molecule has 9 nitrogen and oxygen atoms in total. The Labute approximate surface area is 245 Å². The van der Waals surface area contributed by atoms with E-state index in [4.69, 9.17) is 14.5 Å². The summed E-state index contributed by atoms with van der Waals surface area (Å²) in [6.45, 7) is 1.24. The molecule has 214 valence electrons. The second-order valence-electron chi connectivity index (χ2n) is 9.12. The van der Waals surface area contributed by atoms with Crippen molar-refractivity contribution in [3.63, 3.8) is 0 Å². The van der Waals surface area contributed by atoms with Gasteiger partial charge in [-0.3, -0.25) is 14.0 Å².